The third-order valence-electron chi connectivity index (χ3n) is 4.76. The summed E-state index contributed by atoms with van der Waals surface area (Å²) >= 11 is 0. The van der Waals surface area contributed by atoms with E-state index in [9.17, 15) is 10.2 Å². The van der Waals surface area contributed by atoms with Gasteiger partial charge in [-0.3, -0.25) is 0 Å². The highest BCUT2D eigenvalue weighted by Crippen LogP contribution is 2.37. The SMILES string of the molecule is CCC(c1ccc(O)c(C)c1C)c1ccc(O)c(C)c1C. The first-order chi connectivity index (χ1) is 9.88. The Labute approximate surface area is 127 Å². The van der Waals surface area contributed by atoms with Crippen LogP contribution in [0.25, 0.3) is 0 Å². The van der Waals surface area contributed by atoms with Crippen LogP contribution in [-0.4, -0.2) is 10.2 Å². The quantitative estimate of drug-likeness (QED) is 0.844. The van der Waals surface area contributed by atoms with E-state index in [1.165, 1.54) is 11.1 Å². The molecule has 0 radical (unpaired) electrons. The molecule has 0 fully saturated rings. The predicted molar refractivity (Wildman–Crippen MR) is 87.3 cm³/mol. The summed E-state index contributed by atoms with van der Waals surface area (Å²) in [6, 6.07) is 7.60. The van der Waals surface area contributed by atoms with E-state index in [-0.39, 0.29) is 5.92 Å². The first-order valence-corrected chi connectivity index (χ1v) is 7.46. The zero-order valence-corrected chi connectivity index (χ0v) is 13.5. The summed E-state index contributed by atoms with van der Waals surface area (Å²) in [4.78, 5) is 0. The van der Waals surface area contributed by atoms with Gasteiger partial charge in [0.1, 0.15) is 11.5 Å². The van der Waals surface area contributed by atoms with E-state index in [0.29, 0.717) is 11.5 Å². The van der Waals surface area contributed by atoms with Crippen molar-refractivity contribution >= 4 is 0 Å². The Morgan fingerprint density at radius 2 is 1.10 bits per heavy atom. The first kappa shape index (κ1) is 15.4. The standard InChI is InChI=1S/C19H24O2/c1-6-15(16-7-9-18(20)13(4)11(16)2)17-8-10-19(21)14(5)12(17)3/h7-10,15,20-21H,6H2,1-5H3. The molecule has 2 aromatic carbocycles. The summed E-state index contributed by atoms with van der Waals surface area (Å²) in [5.41, 5.74) is 6.68. The van der Waals surface area contributed by atoms with Gasteiger partial charge in [0.2, 0.25) is 0 Å². The molecule has 0 heterocycles. The van der Waals surface area contributed by atoms with Gasteiger partial charge in [0, 0.05) is 5.92 Å². The number of phenolic OH excluding ortho intramolecular Hbond substituents is 2. The molecule has 21 heavy (non-hydrogen) atoms. The monoisotopic (exact) mass is 284 g/mol. The molecule has 0 spiro atoms. The first-order valence-electron chi connectivity index (χ1n) is 7.46. The molecular formula is C19H24O2. The second-order valence-corrected chi connectivity index (χ2v) is 5.81. The minimum Gasteiger partial charge on any atom is -0.508 e. The highest BCUT2D eigenvalue weighted by atomic mass is 16.3. The third kappa shape index (κ3) is 2.63. The van der Waals surface area contributed by atoms with Crippen LogP contribution in [0.15, 0.2) is 24.3 Å². The lowest BCUT2D eigenvalue weighted by atomic mass is 9.82. The van der Waals surface area contributed by atoms with Gasteiger partial charge in [-0.1, -0.05) is 19.1 Å². The Morgan fingerprint density at radius 3 is 1.43 bits per heavy atom. The lowest BCUT2D eigenvalue weighted by Gasteiger charge is -2.23. The molecule has 0 saturated carbocycles. The van der Waals surface area contributed by atoms with Gasteiger partial charge in [0.15, 0.2) is 0 Å². The average molecular weight is 284 g/mol. The second-order valence-electron chi connectivity index (χ2n) is 5.81. The molecule has 0 aliphatic rings. The van der Waals surface area contributed by atoms with Crippen molar-refractivity contribution in [3.63, 3.8) is 0 Å². The molecule has 112 valence electrons. The topological polar surface area (TPSA) is 40.5 Å². The van der Waals surface area contributed by atoms with Crippen LogP contribution in [0.2, 0.25) is 0 Å². The summed E-state index contributed by atoms with van der Waals surface area (Å²) in [6.45, 7) is 10.2. The fourth-order valence-electron chi connectivity index (χ4n) is 3.02. The van der Waals surface area contributed by atoms with Gasteiger partial charge in [-0.15, -0.1) is 0 Å². The molecule has 0 bridgehead atoms. The van der Waals surface area contributed by atoms with Crippen LogP contribution >= 0.6 is 0 Å². The number of aromatic hydroxyl groups is 2. The zero-order valence-electron chi connectivity index (χ0n) is 13.5. The van der Waals surface area contributed by atoms with Crippen molar-refractivity contribution in [2.24, 2.45) is 0 Å². The Morgan fingerprint density at radius 1 is 0.714 bits per heavy atom. The summed E-state index contributed by atoms with van der Waals surface area (Å²) in [5, 5.41) is 19.7. The maximum Gasteiger partial charge on any atom is 0.118 e. The minimum absolute atomic E-state index is 0.281. The van der Waals surface area contributed by atoms with Gasteiger partial charge in [0.25, 0.3) is 0 Å². The zero-order chi connectivity index (χ0) is 15.7. The fraction of sp³-hybridized carbons (Fsp3) is 0.368. The summed E-state index contributed by atoms with van der Waals surface area (Å²) < 4.78 is 0. The Kier molecular flexibility index (Phi) is 4.26. The van der Waals surface area contributed by atoms with E-state index in [0.717, 1.165) is 28.7 Å². The van der Waals surface area contributed by atoms with E-state index < -0.39 is 0 Å². The highest BCUT2D eigenvalue weighted by molar-refractivity contribution is 5.51. The molecule has 2 heteroatoms. The lowest BCUT2D eigenvalue weighted by molar-refractivity contribution is 0.469. The van der Waals surface area contributed by atoms with E-state index in [1.54, 1.807) is 12.1 Å². The average Bonchev–Trinajstić information content (AvgIpc) is 2.47. The van der Waals surface area contributed by atoms with Crippen molar-refractivity contribution in [3.8, 4) is 11.5 Å². The maximum atomic E-state index is 9.85. The minimum atomic E-state index is 0.281. The van der Waals surface area contributed by atoms with Crippen LogP contribution in [0.4, 0.5) is 0 Å². The van der Waals surface area contributed by atoms with Crippen LogP contribution in [0.1, 0.15) is 52.6 Å². The molecule has 2 nitrogen and oxygen atoms in total. The largest absolute Gasteiger partial charge is 0.508 e. The number of benzene rings is 2. The highest BCUT2D eigenvalue weighted by Gasteiger charge is 2.19. The molecule has 0 amide bonds. The van der Waals surface area contributed by atoms with Crippen molar-refractivity contribution < 1.29 is 10.2 Å². The molecule has 2 rings (SSSR count). The van der Waals surface area contributed by atoms with Crippen LogP contribution in [0.5, 0.6) is 11.5 Å². The van der Waals surface area contributed by atoms with Crippen molar-refractivity contribution in [2.45, 2.75) is 47.0 Å². The number of hydrogen-bond acceptors (Lipinski definition) is 2. The van der Waals surface area contributed by atoms with Crippen molar-refractivity contribution in [1.29, 1.82) is 0 Å². The number of phenols is 2. The van der Waals surface area contributed by atoms with Gasteiger partial charge >= 0.3 is 0 Å². The van der Waals surface area contributed by atoms with Crippen LogP contribution < -0.4 is 0 Å². The molecule has 0 atom stereocenters. The molecule has 0 aromatic heterocycles. The molecule has 0 aliphatic carbocycles. The van der Waals surface area contributed by atoms with Crippen LogP contribution in [-0.2, 0) is 0 Å². The van der Waals surface area contributed by atoms with Gasteiger partial charge in [0.05, 0.1) is 0 Å². The Balaban J connectivity index is 2.61. The molecule has 2 N–H and O–H groups in total. The van der Waals surface area contributed by atoms with E-state index in [1.807, 2.05) is 26.0 Å². The van der Waals surface area contributed by atoms with Gasteiger partial charge in [-0.25, -0.2) is 0 Å². The van der Waals surface area contributed by atoms with E-state index in [4.69, 9.17) is 0 Å². The van der Waals surface area contributed by atoms with Crippen molar-refractivity contribution in [3.05, 3.63) is 57.6 Å². The molecule has 0 saturated heterocycles. The predicted octanol–water partition coefficient (Wildman–Crippen LogP) is 4.87. The number of hydrogen-bond donors (Lipinski definition) is 2. The van der Waals surface area contributed by atoms with Gasteiger partial charge in [-0.2, -0.15) is 0 Å². The second kappa shape index (κ2) is 5.80. The van der Waals surface area contributed by atoms with Crippen molar-refractivity contribution in [2.75, 3.05) is 0 Å². The van der Waals surface area contributed by atoms with E-state index >= 15 is 0 Å². The van der Waals surface area contributed by atoms with Crippen LogP contribution in [0.3, 0.4) is 0 Å². The van der Waals surface area contributed by atoms with Gasteiger partial charge < -0.3 is 10.2 Å². The summed E-state index contributed by atoms with van der Waals surface area (Å²) in [5.74, 6) is 0.984. The smallest absolute Gasteiger partial charge is 0.118 e. The molecule has 2 aromatic rings. The van der Waals surface area contributed by atoms with Gasteiger partial charge in [-0.05, 0) is 79.6 Å². The Hall–Kier alpha value is -1.96. The van der Waals surface area contributed by atoms with E-state index in [2.05, 4.69) is 20.8 Å². The molecular weight excluding hydrogens is 260 g/mol. The summed E-state index contributed by atoms with van der Waals surface area (Å²) in [6.07, 6.45) is 0.982. The molecule has 0 aliphatic heterocycles. The maximum absolute atomic E-state index is 9.85. The fourth-order valence-corrected chi connectivity index (χ4v) is 3.02. The normalized spacial score (nSPS) is 11.1. The third-order valence-corrected chi connectivity index (χ3v) is 4.76. The van der Waals surface area contributed by atoms with Crippen molar-refractivity contribution in [1.82, 2.24) is 0 Å². The Bertz CT molecular complexity index is 614. The number of rotatable bonds is 3. The lowest BCUT2D eigenvalue weighted by Crippen LogP contribution is -2.06. The summed E-state index contributed by atoms with van der Waals surface area (Å²) in [7, 11) is 0. The van der Waals surface area contributed by atoms with Crippen LogP contribution in [0, 0.1) is 27.7 Å². The molecule has 0 unspecified atom stereocenters.